The molecule has 112 valence electrons. The SMILES string of the molecule is CS(=O)(=O)O.OCCC#CCCOC1CCCCO1. The first-order valence-electron chi connectivity index (χ1n) is 6.15. The van der Waals surface area contributed by atoms with Gasteiger partial charge in [-0.25, -0.2) is 0 Å². The van der Waals surface area contributed by atoms with Crippen molar-refractivity contribution in [2.24, 2.45) is 0 Å². The van der Waals surface area contributed by atoms with Crippen molar-refractivity contribution in [2.75, 3.05) is 26.1 Å². The zero-order valence-corrected chi connectivity index (χ0v) is 12.0. The molecule has 7 heteroatoms. The first kappa shape index (κ1) is 18.4. The fourth-order valence-corrected chi connectivity index (χ4v) is 1.32. The van der Waals surface area contributed by atoms with Crippen LogP contribution >= 0.6 is 0 Å². The average molecular weight is 294 g/mol. The van der Waals surface area contributed by atoms with Gasteiger partial charge >= 0.3 is 0 Å². The largest absolute Gasteiger partial charge is 0.395 e. The van der Waals surface area contributed by atoms with E-state index in [-0.39, 0.29) is 12.9 Å². The molecule has 6 nitrogen and oxygen atoms in total. The summed E-state index contributed by atoms with van der Waals surface area (Å²) >= 11 is 0. The van der Waals surface area contributed by atoms with Crippen molar-refractivity contribution in [1.82, 2.24) is 0 Å². The van der Waals surface area contributed by atoms with E-state index in [4.69, 9.17) is 19.1 Å². The fourth-order valence-electron chi connectivity index (χ4n) is 1.32. The summed E-state index contributed by atoms with van der Waals surface area (Å²) in [6.07, 6.45) is 5.33. The maximum atomic E-state index is 9.19. The molecular weight excluding hydrogens is 272 g/mol. The third-order valence-corrected chi connectivity index (χ3v) is 2.03. The van der Waals surface area contributed by atoms with Crippen LogP contribution in [0.2, 0.25) is 0 Å². The van der Waals surface area contributed by atoms with E-state index in [9.17, 15) is 8.42 Å². The van der Waals surface area contributed by atoms with Gasteiger partial charge in [-0.05, 0) is 19.3 Å². The minimum absolute atomic E-state index is 0.0107. The van der Waals surface area contributed by atoms with Crippen molar-refractivity contribution in [1.29, 1.82) is 0 Å². The third kappa shape index (κ3) is 17.4. The number of rotatable bonds is 4. The summed E-state index contributed by atoms with van der Waals surface area (Å²) in [6, 6.07) is 0. The lowest BCUT2D eigenvalue weighted by Crippen LogP contribution is -2.22. The second kappa shape index (κ2) is 11.2. The lowest BCUT2D eigenvalue weighted by atomic mass is 10.2. The highest BCUT2D eigenvalue weighted by Crippen LogP contribution is 2.13. The molecule has 0 saturated carbocycles. The molecule has 1 atom stereocenters. The summed E-state index contributed by atoms with van der Waals surface area (Å²) in [5.41, 5.74) is 0. The summed E-state index contributed by atoms with van der Waals surface area (Å²) in [4.78, 5) is 0. The molecule has 1 rings (SSSR count). The lowest BCUT2D eigenvalue weighted by molar-refractivity contribution is -0.161. The van der Waals surface area contributed by atoms with Crippen LogP contribution in [0.15, 0.2) is 0 Å². The normalized spacial score (nSPS) is 18.8. The van der Waals surface area contributed by atoms with Crippen molar-refractivity contribution in [3.8, 4) is 11.8 Å². The molecule has 2 N–H and O–H groups in total. The molecule has 0 aromatic carbocycles. The van der Waals surface area contributed by atoms with E-state index in [0.29, 0.717) is 19.3 Å². The monoisotopic (exact) mass is 294 g/mol. The topological polar surface area (TPSA) is 93.1 Å². The molecule has 0 aromatic rings. The highest BCUT2D eigenvalue weighted by Gasteiger charge is 2.12. The van der Waals surface area contributed by atoms with Crippen LogP contribution in [0.5, 0.6) is 0 Å². The fraction of sp³-hybridized carbons (Fsp3) is 0.833. The number of aliphatic hydroxyl groups excluding tert-OH is 1. The predicted octanol–water partition coefficient (Wildman–Crippen LogP) is 0.809. The van der Waals surface area contributed by atoms with Crippen LogP contribution in [-0.2, 0) is 19.6 Å². The average Bonchev–Trinajstić information content (AvgIpc) is 2.33. The number of ether oxygens (including phenoxy) is 2. The lowest BCUT2D eigenvalue weighted by Gasteiger charge is -2.22. The summed E-state index contributed by atoms with van der Waals surface area (Å²) in [5.74, 6) is 5.79. The standard InChI is InChI=1S/C11H18O3.CH4O3S/c12-8-4-1-2-5-9-13-11-7-3-6-10-14-11;1-5(2,3)4/h11-12H,3-10H2;1H3,(H,2,3,4). The van der Waals surface area contributed by atoms with Crippen molar-refractivity contribution >= 4 is 10.1 Å². The van der Waals surface area contributed by atoms with Crippen LogP contribution in [0.4, 0.5) is 0 Å². The molecule has 0 bridgehead atoms. The van der Waals surface area contributed by atoms with Crippen LogP contribution in [0, 0.1) is 11.8 Å². The second-order valence-electron chi connectivity index (χ2n) is 3.98. The maximum Gasteiger partial charge on any atom is 0.261 e. The van der Waals surface area contributed by atoms with Crippen LogP contribution in [-0.4, -0.2) is 50.4 Å². The molecule has 0 aliphatic carbocycles. The molecule has 1 heterocycles. The molecule has 1 aliphatic rings. The summed E-state index contributed by atoms with van der Waals surface area (Å²) < 4.78 is 36.7. The zero-order chi connectivity index (χ0) is 14.6. The molecule has 1 aliphatic heterocycles. The van der Waals surface area contributed by atoms with Crippen molar-refractivity contribution in [3.63, 3.8) is 0 Å². The molecule has 1 fully saturated rings. The minimum atomic E-state index is -3.67. The van der Waals surface area contributed by atoms with E-state index in [0.717, 1.165) is 25.9 Å². The maximum absolute atomic E-state index is 9.19. The summed E-state index contributed by atoms with van der Waals surface area (Å²) in [6.45, 7) is 1.59. The van der Waals surface area contributed by atoms with Crippen LogP contribution in [0.25, 0.3) is 0 Å². The second-order valence-corrected chi connectivity index (χ2v) is 5.44. The van der Waals surface area contributed by atoms with Gasteiger partial charge in [0.15, 0.2) is 6.29 Å². The van der Waals surface area contributed by atoms with Gasteiger partial charge in [-0.15, -0.1) is 11.8 Å². The number of hydrogen-bond acceptors (Lipinski definition) is 5. The third-order valence-electron chi connectivity index (χ3n) is 2.03. The molecule has 19 heavy (non-hydrogen) atoms. The summed E-state index contributed by atoms with van der Waals surface area (Å²) in [7, 11) is -3.67. The minimum Gasteiger partial charge on any atom is -0.395 e. The number of aliphatic hydroxyl groups is 1. The molecular formula is C12H22O6S. The van der Waals surface area contributed by atoms with Crippen LogP contribution in [0.3, 0.4) is 0 Å². The van der Waals surface area contributed by atoms with Gasteiger partial charge in [-0.1, -0.05) is 0 Å². The molecule has 1 saturated heterocycles. The Bertz CT molecular complexity index is 353. The Morgan fingerprint density at radius 2 is 1.95 bits per heavy atom. The zero-order valence-electron chi connectivity index (χ0n) is 11.2. The smallest absolute Gasteiger partial charge is 0.261 e. The van der Waals surface area contributed by atoms with Crippen molar-refractivity contribution in [3.05, 3.63) is 0 Å². The first-order chi connectivity index (χ1) is 8.93. The predicted molar refractivity (Wildman–Crippen MR) is 71.1 cm³/mol. The Balaban J connectivity index is 0.000000555. The van der Waals surface area contributed by atoms with Gasteiger partial charge in [0.25, 0.3) is 10.1 Å². The highest BCUT2D eigenvalue weighted by molar-refractivity contribution is 7.85. The molecule has 0 amide bonds. The van der Waals surface area contributed by atoms with E-state index >= 15 is 0 Å². The summed E-state index contributed by atoms with van der Waals surface area (Å²) in [5, 5.41) is 8.47. The molecule has 0 aromatic heterocycles. The van der Waals surface area contributed by atoms with E-state index in [1.807, 2.05) is 0 Å². The van der Waals surface area contributed by atoms with Crippen LogP contribution in [0.1, 0.15) is 32.1 Å². The van der Waals surface area contributed by atoms with Gasteiger partial charge in [0, 0.05) is 19.4 Å². The Morgan fingerprint density at radius 3 is 2.47 bits per heavy atom. The molecule has 0 radical (unpaired) electrons. The Kier molecular flexibility index (Phi) is 10.8. The molecule has 0 spiro atoms. The number of hydrogen-bond donors (Lipinski definition) is 2. The molecule has 1 unspecified atom stereocenters. The van der Waals surface area contributed by atoms with E-state index in [1.165, 1.54) is 6.42 Å². The van der Waals surface area contributed by atoms with Crippen LogP contribution < -0.4 is 0 Å². The van der Waals surface area contributed by atoms with Gasteiger partial charge in [0.1, 0.15) is 0 Å². The highest BCUT2D eigenvalue weighted by atomic mass is 32.2. The van der Waals surface area contributed by atoms with Gasteiger partial charge in [0.2, 0.25) is 0 Å². The van der Waals surface area contributed by atoms with Crippen molar-refractivity contribution in [2.45, 2.75) is 38.4 Å². The van der Waals surface area contributed by atoms with Gasteiger partial charge in [-0.3, -0.25) is 4.55 Å². The quantitative estimate of drug-likeness (QED) is 0.453. The van der Waals surface area contributed by atoms with Gasteiger partial charge < -0.3 is 14.6 Å². The van der Waals surface area contributed by atoms with Gasteiger partial charge in [-0.2, -0.15) is 8.42 Å². The van der Waals surface area contributed by atoms with E-state index in [2.05, 4.69) is 11.8 Å². The first-order valence-corrected chi connectivity index (χ1v) is 8.00. The van der Waals surface area contributed by atoms with Crippen molar-refractivity contribution < 1.29 is 27.6 Å². The van der Waals surface area contributed by atoms with Gasteiger partial charge in [0.05, 0.1) is 19.5 Å². The Morgan fingerprint density at radius 1 is 1.32 bits per heavy atom. The van der Waals surface area contributed by atoms with E-state index in [1.54, 1.807) is 0 Å². The van der Waals surface area contributed by atoms with E-state index < -0.39 is 10.1 Å². The Labute approximate surface area is 114 Å². The Hall–Kier alpha value is -0.650.